The highest BCUT2D eigenvalue weighted by Crippen LogP contribution is 2.34. The number of likely N-dealkylation sites (N-methyl/N-ethyl adjacent to an activating group) is 1. The highest BCUT2D eigenvalue weighted by atomic mass is 32.2. The summed E-state index contributed by atoms with van der Waals surface area (Å²) in [6.07, 6.45) is -0.380. The molecule has 36 heavy (non-hydrogen) atoms. The monoisotopic (exact) mass is 517 g/mol. The van der Waals surface area contributed by atoms with Crippen molar-refractivity contribution in [2.45, 2.75) is 37.4 Å². The summed E-state index contributed by atoms with van der Waals surface area (Å²) in [5, 5.41) is 9.80. The van der Waals surface area contributed by atoms with E-state index >= 15 is 0 Å². The molecular weight excluding hydrogens is 481 g/mol. The van der Waals surface area contributed by atoms with Gasteiger partial charge in [0.2, 0.25) is 10.0 Å². The third kappa shape index (κ3) is 6.84. The van der Waals surface area contributed by atoms with Gasteiger partial charge < -0.3 is 9.84 Å². The Hall–Kier alpha value is -2.48. The van der Waals surface area contributed by atoms with Crippen molar-refractivity contribution < 1.29 is 22.7 Å². The summed E-state index contributed by atoms with van der Waals surface area (Å²) in [6.45, 7) is 4.91. The standard InChI is InChI=1S/C27H36FN3O4S/c1-20-16-31(21(2)19-32)36(33,34)27-13-12-22(9-8-14-29(3)4)15-25(27)35-26(20)18-30(5)17-23-10-6-7-11-24(23)28/h6-7,10-13,15,20-21,26,32H,14,16-19H2,1-5H3/t20-,21-,26+/m1/s1. The average molecular weight is 518 g/mol. The van der Waals surface area contributed by atoms with Gasteiger partial charge in [-0.2, -0.15) is 4.31 Å². The van der Waals surface area contributed by atoms with E-state index in [1.165, 1.54) is 16.4 Å². The van der Waals surface area contributed by atoms with Crippen molar-refractivity contribution in [3.05, 3.63) is 59.4 Å². The summed E-state index contributed by atoms with van der Waals surface area (Å²) in [7, 11) is 1.81. The second-order valence-electron chi connectivity index (χ2n) is 9.73. The number of rotatable bonds is 7. The quantitative estimate of drug-likeness (QED) is 0.570. The molecular formula is C27H36FN3O4S. The molecule has 0 aliphatic carbocycles. The van der Waals surface area contributed by atoms with Crippen LogP contribution in [0.1, 0.15) is 25.0 Å². The summed E-state index contributed by atoms with van der Waals surface area (Å²) in [5.74, 6) is 5.90. The van der Waals surface area contributed by atoms with Crippen LogP contribution in [-0.2, 0) is 16.6 Å². The van der Waals surface area contributed by atoms with Crippen molar-refractivity contribution in [3.8, 4) is 17.6 Å². The van der Waals surface area contributed by atoms with Crippen LogP contribution >= 0.6 is 0 Å². The lowest BCUT2D eigenvalue weighted by Crippen LogP contribution is -2.49. The minimum Gasteiger partial charge on any atom is -0.487 e. The molecule has 3 rings (SSSR count). The molecule has 0 radical (unpaired) electrons. The van der Waals surface area contributed by atoms with E-state index in [2.05, 4.69) is 11.8 Å². The molecule has 0 fully saturated rings. The molecule has 1 aliphatic heterocycles. The van der Waals surface area contributed by atoms with Gasteiger partial charge in [0, 0.05) is 42.7 Å². The van der Waals surface area contributed by atoms with Gasteiger partial charge in [0.05, 0.1) is 13.2 Å². The first-order valence-corrected chi connectivity index (χ1v) is 13.5. The fourth-order valence-corrected chi connectivity index (χ4v) is 5.94. The van der Waals surface area contributed by atoms with Crippen molar-refractivity contribution in [2.75, 3.05) is 47.4 Å². The van der Waals surface area contributed by atoms with Crippen LogP contribution in [0.2, 0.25) is 0 Å². The maximum Gasteiger partial charge on any atom is 0.247 e. The summed E-state index contributed by atoms with van der Waals surface area (Å²) < 4.78 is 49.1. The Kier molecular flexibility index (Phi) is 9.50. The van der Waals surface area contributed by atoms with Gasteiger partial charge >= 0.3 is 0 Å². The predicted octanol–water partition coefficient (Wildman–Crippen LogP) is 2.64. The van der Waals surface area contributed by atoms with E-state index in [4.69, 9.17) is 4.74 Å². The molecule has 9 heteroatoms. The third-order valence-electron chi connectivity index (χ3n) is 6.18. The first-order chi connectivity index (χ1) is 17.0. The molecule has 0 spiro atoms. The predicted molar refractivity (Wildman–Crippen MR) is 139 cm³/mol. The van der Waals surface area contributed by atoms with Crippen LogP contribution in [0.3, 0.4) is 0 Å². The van der Waals surface area contributed by atoms with Crippen LogP contribution in [0.25, 0.3) is 0 Å². The van der Waals surface area contributed by atoms with Gasteiger partial charge in [-0.25, -0.2) is 12.8 Å². The molecule has 3 atom stereocenters. The zero-order chi connectivity index (χ0) is 26.5. The molecule has 2 aromatic rings. The smallest absolute Gasteiger partial charge is 0.247 e. The van der Waals surface area contributed by atoms with E-state index in [9.17, 15) is 17.9 Å². The summed E-state index contributed by atoms with van der Waals surface area (Å²) in [4.78, 5) is 3.96. The minimum absolute atomic E-state index is 0.0506. The number of hydrogen-bond donors (Lipinski definition) is 1. The minimum atomic E-state index is -3.91. The van der Waals surface area contributed by atoms with Crippen molar-refractivity contribution in [1.82, 2.24) is 14.1 Å². The molecule has 1 N–H and O–H groups in total. The first-order valence-electron chi connectivity index (χ1n) is 12.0. The molecule has 196 valence electrons. The second-order valence-corrected chi connectivity index (χ2v) is 11.6. The Morgan fingerprint density at radius 2 is 1.94 bits per heavy atom. The van der Waals surface area contributed by atoms with Gasteiger partial charge in [0.15, 0.2) is 0 Å². The fraction of sp³-hybridized carbons (Fsp3) is 0.481. The van der Waals surface area contributed by atoms with Crippen LogP contribution in [0.15, 0.2) is 47.4 Å². The van der Waals surface area contributed by atoms with E-state index < -0.39 is 16.1 Å². The number of aliphatic hydroxyl groups excluding tert-OH is 1. The van der Waals surface area contributed by atoms with Crippen LogP contribution in [0.4, 0.5) is 4.39 Å². The Morgan fingerprint density at radius 1 is 1.22 bits per heavy atom. The van der Waals surface area contributed by atoms with Gasteiger partial charge in [-0.1, -0.05) is 37.0 Å². The lowest BCUT2D eigenvalue weighted by Gasteiger charge is -2.37. The summed E-state index contributed by atoms with van der Waals surface area (Å²) in [5.41, 5.74) is 1.23. The highest BCUT2D eigenvalue weighted by Gasteiger charge is 2.38. The Morgan fingerprint density at radius 3 is 2.61 bits per heavy atom. The summed E-state index contributed by atoms with van der Waals surface area (Å²) in [6, 6.07) is 10.9. The number of ether oxygens (including phenoxy) is 1. The van der Waals surface area contributed by atoms with Gasteiger partial charge in [0.25, 0.3) is 0 Å². The molecule has 1 aliphatic rings. The van der Waals surface area contributed by atoms with E-state index in [1.807, 2.05) is 37.9 Å². The van der Waals surface area contributed by atoms with Crippen molar-refractivity contribution in [1.29, 1.82) is 0 Å². The Bertz CT molecular complexity index is 1210. The molecule has 0 saturated heterocycles. The van der Waals surface area contributed by atoms with E-state index in [0.717, 1.165) is 0 Å². The molecule has 0 bridgehead atoms. The molecule has 7 nitrogen and oxygen atoms in total. The number of hydrogen-bond acceptors (Lipinski definition) is 6. The van der Waals surface area contributed by atoms with Crippen LogP contribution in [0, 0.1) is 23.6 Å². The molecule has 0 saturated carbocycles. The normalized spacial score (nSPS) is 20.6. The third-order valence-corrected chi connectivity index (χ3v) is 8.20. The van der Waals surface area contributed by atoms with Crippen molar-refractivity contribution >= 4 is 10.0 Å². The van der Waals surface area contributed by atoms with E-state index in [-0.39, 0.29) is 41.6 Å². The van der Waals surface area contributed by atoms with Crippen LogP contribution < -0.4 is 4.74 Å². The van der Waals surface area contributed by atoms with E-state index in [0.29, 0.717) is 30.8 Å². The second kappa shape index (κ2) is 12.2. The first kappa shape index (κ1) is 28.1. The molecule has 1 heterocycles. The number of benzene rings is 2. The van der Waals surface area contributed by atoms with Gasteiger partial charge in [-0.05, 0) is 52.3 Å². The summed E-state index contributed by atoms with van der Waals surface area (Å²) >= 11 is 0. The van der Waals surface area contributed by atoms with Crippen molar-refractivity contribution in [3.63, 3.8) is 0 Å². The maximum atomic E-state index is 14.2. The highest BCUT2D eigenvalue weighted by molar-refractivity contribution is 7.89. The number of sulfonamides is 1. The van der Waals surface area contributed by atoms with Crippen LogP contribution in [-0.4, -0.2) is 87.2 Å². The van der Waals surface area contributed by atoms with Crippen LogP contribution in [0.5, 0.6) is 5.75 Å². The molecule has 2 aromatic carbocycles. The average Bonchev–Trinajstić information content (AvgIpc) is 2.82. The van der Waals surface area contributed by atoms with Gasteiger partial charge in [-0.3, -0.25) is 9.80 Å². The van der Waals surface area contributed by atoms with Crippen molar-refractivity contribution in [2.24, 2.45) is 5.92 Å². The Labute approximate surface area is 214 Å². The number of fused-ring (bicyclic) bond motifs is 1. The topological polar surface area (TPSA) is 73.3 Å². The SMILES string of the molecule is C[C@@H]1CN([C@H](C)CO)S(=O)(=O)c2ccc(C#CCN(C)C)cc2O[C@H]1CN(C)Cc1ccccc1F. The lowest BCUT2D eigenvalue weighted by atomic mass is 10.0. The number of nitrogens with zero attached hydrogens (tertiary/aromatic N) is 3. The van der Waals surface area contributed by atoms with Gasteiger partial charge in [0.1, 0.15) is 22.6 Å². The Balaban J connectivity index is 1.97. The lowest BCUT2D eigenvalue weighted by molar-refractivity contribution is 0.0731. The number of aliphatic hydroxyl groups is 1. The zero-order valence-corrected chi connectivity index (χ0v) is 22.4. The maximum absolute atomic E-state index is 14.2. The largest absolute Gasteiger partial charge is 0.487 e. The molecule has 0 aromatic heterocycles. The molecule has 0 unspecified atom stereocenters. The van der Waals surface area contributed by atoms with E-state index in [1.54, 1.807) is 37.3 Å². The number of halogens is 1. The molecule has 0 amide bonds. The van der Waals surface area contributed by atoms with Gasteiger partial charge in [-0.15, -0.1) is 0 Å². The zero-order valence-electron chi connectivity index (χ0n) is 21.6. The fourth-order valence-electron chi connectivity index (χ4n) is 4.11.